The Labute approximate surface area is 150 Å². The first-order chi connectivity index (χ1) is 12.4. The highest BCUT2D eigenvalue weighted by Crippen LogP contribution is 2.24. The number of fused-ring (bicyclic) bond motifs is 1. The third-order valence-corrected chi connectivity index (χ3v) is 6.26. The molecular formula is C17H18N4O4S. The maximum Gasteiger partial charge on any atom is 0.240 e. The van der Waals surface area contributed by atoms with E-state index >= 15 is 0 Å². The molecule has 1 fully saturated rings. The summed E-state index contributed by atoms with van der Waals surface area (Å²) in [5.74, 6) is -0.523. The number of carbonyl (C=O) groups excluding carboxylic acids is 2. The SMILES string of the molecule is O=C1CCC(=O)N1c1ccc(S(=O)(=O)N[C@H]2CCn3nccc3C2)cc1. The second-order valence-electron chi connectivity index (χ2n) is 6.47. The van der Waals surface area contributed by atoms with E-state index in [1.165, 1.54) is 24.3 Å². The Morgan fingerprint density at radius 3 is 2.42 bits per heavy atom. The number of carbonyl (C=O) groups is 2. The Balaban J connectivity index is 1.50. The monoisotopic (exact) mass is 374 g/mol. The van der Waals surface area contributed by atoms with Crippen LogP contribution < -0.4 is 9.62 Å². The maximum atomic E-state index is 12.6. The number of benzene rings is 1. The van der Waals surface area contributed by atoms with Crippen LogP contribution in [0.2, 0.25) is 0 Å². The second kappa shape index (κ2) is 6.33. The molecule has 1 N–H and O–H groups in total. The number of anilines is 1. The lowest BCUT2D eigenvalue weighted by Crippen LogP contribution is -2.40. The van der Waals surface area contributed by atoms with Gasteiger partial charge in [0.15, 0.2) is 0 Å². The summed E-state index contributed by atoms with van der Waals surface area (Å²) in [5, 5.41) is 4.19. The molecular weight excluding hydrogens is 356 g/mol. The summed E-state index contributed by atoms with van der Waals surface area (Å²) in [7, 11) is -3.68. The van der Waals surface area contributed by atoms with E-state index in [1.807, 2.05) is 10.7 Å². The molecule has 0 unspecified atom stereocenters. The summed E-state index contributed by atoms with van der Waals surface area (Å²) in [6.45, 7) is 0.674. The largest absolute Gasteiger partial charge is 0.274 e. The second-order valence-corrected chi connectivity index (χ2v) is 8.19. The summed E-state index contributed by atoms with van der Waals surface area (Å²) in [6, 6.07) is 7.52. The Morgan fingerprint density at radius 2 is 1.73 bits per heavy atom. The lowest BCUT2D eigenvalue weighted by atomic mass is 10.1. The van der Waals surface area contributed by atoms with Crippen molar-refractivity contribution in [3.63, 3.8) is 0 Å². The van der Waals surface area contributed by atoms with E-state index in [0.717, 1.165) is 10.6 Å². The highest BCUT2D eigenvalue weighted by atomic mass is 32.2. The van der Waals surface area contributed by atoms with Crippen LogP contribution in [-0.2, 0) is 32.6 Å². The smallest absolute Gasteiger partial charge is 0.240 e. The van der Waals surface area contributed by atoms with E-state index in [9.17, 15) is 18.0 Å². The first-order valence-corrected chi connectivity index (χ1v) is 9.91. The third-order valence-electron chi connectivity index (χ3n) is 4.73. The fourth-order valence-electron chi connectivity index (χ4n) is 3.39. The van der Waals surface area contributed by atoms with Crippen molar-refractivity contribution >= 4 is 27.5 Å². The number of amides is 2. The van der Waals surface area contributed by atoms with Gasteiger partial charge in [-0.2, -0.15) is 5.10 Å². The Bertz CT molecular complexity index is 949. The molecule has 2 amide bonds. The highest BCUT2D eigenvalue weighted by molar-refractivity contribution is 7.89. The summed E-state index contributed by atoms with van der Waals surface area (Å²) in [5.41, 5.74) is 1.41. The predicted octanol–water partition coefficient (Wildman–Crippen LogP) is 0.830. The minimum Gasteiger partial charge on any atom is -0.274 e. The van der Waals surface area contributed by atoms with Gasteiger partial charge in [0.1, 0.15) is 0 Å². The molecule has 0 saturated carbocycles. The van der Waals surface area contributed by atoms with Crippen LogP contribution in [0.5, 0.6) is 0 Å². The van der Waals surface area contributed by atoms with Gasteiger partial charge >= 0.3 is 0 Å². The zero-order valence-corrected chi connectivity index (χ0v) is 14.8. The number of hydrogen-bond acceptors (Lipinski definition) is 5. The van der Waals surface area contributed by atoms with Crippen LogP contribution in [0.3, 0.4) is 0 Å². The van der Waals surface area contributed by atoms with Crippen LogP contribution in [0.15, 0.2) is 41.4 Å². The summed E-state index contributed by atoms with van der Waals surface area (Å²) in [4.78, 5) is 24.8. The lowest BCUT2D eigenvalue weighted by Gasteiger charge is -2.24. The molecule has 4 rings (SSSR count). The van der Waals surface area contributed by atoms with Crippen LogP contribution >= 0.6 is 0 Å². The third kappa shape index (κ3) is 3.04. The van der Waals surface area contributed by atoms with E-state index in [1.54, 1.807) is 6.20 Å². The molecule has 1 saturated heterocycles. The normalized spacial score (nSPS) is 20.5. The Kier molecular flexibility index (Phi) is 4.12. The minimum absolute atomic E-state index is 0.111. The molecule has 8 nitrogen and oxygen atoms in total. The topological polar surface area (TPSA) is 101 Å². The lowest BCUT2D eigenvalue weighted by molar-refractivity contribution is -0.121. The van der Waals surface area contributed by atoms with Gasteiger partial charge in [-0.25, -0.2) is 13.1 Å². The molecule has 3 heterocycles. The van der Waals surface area contributed by atoms with Gasteiger partial charge in [-0.05, 0) is 36.8 Å². The molecule has 0 bridgehead atoms. The van der Waals surface area contributed by atoms with Crippen molar-refractivity contribution in [3.05, 3.63) is 42.2 Å². The van der Waals surface area contributed by atoms with Gasteiger partial charge in [-0.15, -0.1) is 0 Å². The number of hydrogen-bond donors (Lipinski definition) is 1. The van der Waals surface area contributed by atoms with Crippen molar-refractivity contribution in [2.75, 3.05) is 4.90 Å². The van der Waals surface area contributed by atoms with Crippen LogP contribution in [0.4, 0.5) is 5.69 Å². The van der Waals surface area contributed by atoms with Crippen LogP contribution in [0, 0.1) is 0 Å². The zero-order valence-electron chi connectivity index (χ0n) is 14.0. The number of aryl methyl sites for hydroxylation is 1. The Morgan fingerprint density at radius 1 is 1.04 bits per heavy atom. The van der Waals surface area contributed by atoms with Crippen LogP contribution in [-0.4, -0.2) is 36.1 Å². The molecule has 2 aliphatic heterocycles. The van der Waals surface area contributed by atoms with E-state index < -0.39 is 10.0 Å². The molecule has 0 aliphatic carbocycles. The standard InChI is InChI=1S/C17H18N4O4S/c22-16-5-6-17(23)21(16)13-1-3-15(4-2-13)26(24,25)19-12-8-10-20-14(11-12)7-9-18-20/h1-4,7,9,12,19H,5-6,8,10-11H2/t12-/m0/s1. The molecule has 0 radical (unpaired) electrons. The summed E-state index contributed by atoms with van der Waals surface area (Å²) in [6.07, 6.45) is 3.36. The van der Waals surface area contributed by atoms with Crippen molar-refractivity contribution in [2.24, 2.45) is 0 Å². The number of aromatic nitrogens is 2. The fraction of sp³-hybridized carbons (Fsp3) is 0.353. The van der Waals surface area contributed by atoms with E-state index in [-0.39, 0.29) is 35.6 Å². The van der Waals surface area contributed by atoms with Gasteiger partial charge in [-0.1, -0.05) is 0 Å². The predicted molar refractivity (Wildman–Crippen MR) is 92.8 cm³/mol. The average Bonchev–Trinajstić information content (AvgIpc) is 3.20. The van der Waals surface area contributed by atoms with Crippen LogP contribution in [0.1, 0.15) is 25.0 Å². The molecule has 1 aromatic carbocycles. The number of nitrogens with zero attached hydrogens (tertiary/aromatic N) is 3. The first-order valence-electron chi connectivity index (χ1n) is 8.43. The van der Waals surface area contributed by atoms with Gasteiger partial charge in [-0.3, -0.25) is 19.2 Å². The van der Waals surface area contributed by atoms with Crippen LogP contribution in [0.25, 0.3) is 0 Å². The van der Waals surface area contributed by atoms with Gasteiger partial charge in [0.2, 0.25) is 21.8 Å². The van der Waals surface area contributed by atoms with Crippen molar-refractivity contribution < 1.29 is 18.0 Å². The van der Waals surface area contributed by atoms with Gasteiger partial charge < -0.3 is 0 Å². The van der Waals surface area contributed by atoms with Crippen molar-refractivity contribution in [3.8, 4) is 0 Å². The maximum absolute atomic E-state index is 12.6. The van der Waals surface area contributed by atoms with Crippen molar-refractivity contribution in [2.45, 2.75) is 43.2 Å². The molecule has 1 aromatic heterocycles. The molecule has 0 spiro atoms. The number of nitrogens with one attached hydrogen (secondary N) is 1. The fourth-order valence-corrected chi connectivity index (χ4v) is 4.66. The number of imide groups is 1. The zero-order chi connectivity index (χ0) is 18.3. The quantitative estimate of drug-likeness (QED) is 0.799. The van der Waals surface area contributed by atoms with E-state index in [2.05, 4.69) is 9.82 Å². The molecule has 9 heteroatoms. The molecule has 26 heavy (non-hydrogen) atoms. The Hall–Kier alpha value is -2.52. The molecule has 1 atom stereocenters. The van der Waals surface area contributed by atoms with Gasteiger partial charge in [0, 0.05) is 43.7 Å². The summed E-state index contributed by atoms with van der Waals surface area (Å²) >= 11 is 0. The number of sulfonamides is 1. The first kappa shape index (κ1) is 16.9. The highest BCUT2D eigenvalue weighted by Gasteiger charge is 2.31. The van der Waals surface area contributed by atoms with E-state index in [4.69, 9.17) is 0 Å². The van der Waals surface area contributed by atoms with E-state index in [0.29, 0.717) is 25.1 Å². The minimum atomic E-state index is -3.68. The molecule has 2 aromatic rings. The van der Waals surface area contributed by atoms with Gasteiger partial charge in [0.25, 0.3) is 0 Å². The van der Waals surface area contributed by atoms with Crippen molar-refractivity contribution in [1.82, 2.24) is 14.5 Å². The van der Waals surface area contributed by atoms with Crippen molar-refractivity contribution in [1.29, 1.82) is 0 Å². The molecule has 2 aliphatic rings. The van der Waals surface area contributed by atoms with Gasteiger partial charge in [0.05, 0.1) is 10.6 Å². The summed E-state index contributed by atoms with van der Waals surface area (Å²) < 4.78 is 29.9. The number of rotatable bonds is 4. The average molecular weight is 374 g/mol. The molecule has 136 valence electrons.